The Morgan fingerprint density at radius 3 is 2.53 bits per heavy atom. The van der Waals surface area contributed by atoms with Gasteiger partial charge in [0.25, 0.3) is 0 Å². The summed E-state index contributed by atoms with van der Waals surface area (Å²) in [6.45, 7) is 3.96. The monoisotopic (exact) mass is 515 g/mol. The quantitative estimate of drug-likeness (QED) is 0.402. The normalized spacial score (nSPS) is 18.2. The van der Waals surface area contributed by atoms with Gasteiger partial charge in [0.1, 0.15) is 23.8 Å². The molecule has 192 valence electrons. The van der Waals surface area contributed by atoms with E-state index in [0.717, 1.165) is 11.3 Å². The van der Waals surface area contributed by atoms with E-state index < -0.39 is 5.60 Å². The predicted molar refractivity (Wildman–Crippen MR) is 137 cm³/mol. The largest absolute Gasteiger partial charge is 0.491 e. The van der Waals surface area contributed by atoms with E-state index >= 15 is 0 Å². The van der Waals surface area contributed by atoms with Crippen molar-refractivity contribution in [3.05, 3.63) is 88.5 Å². The number of hydrogen-bond donors (Lipinski definition) is 3. The minimum atomic E-state index is -1.20. The van der Waals surface area contributed by atoms with Crippen molar-refractivity contribution in [3.63, 3.8) is 0 Å². The van der Waals surface area contributed by atoms with Crippen LogP contribution < -0.4 is 9.64 Å². The minimum absolute atomic E-state index is 0.0845. The average molecular weight is 516 g/mol. The van der Waals surface area contributed by atoms with E-state index in [0.29, 0.717) is 48.2 Å². The summed E-state index contributed by atoms with van der Waals surface area (Å²) in [6.07, 6.45) is 1.57. The number of aliphatic hydroxyl groups excluding tert-OH is 2. The molecule has 0 aliphatic carbocycles. The van der Waals surface area contributed by atoms with Gasteiger partial charge in [-0.3, -0.25) is 9.88 Å². The Morgan fingerprint density at radius 2 is 1.89 bits per heavy atom. The topological polar surface area (TPSA) is 89.3 Å². The Kier molecular flexibility index (Phi) is 8.43. The van der Waals surface area contributed by atoms with Crippen molar-refractivity contribution in [2.24, 2.45) is 0 Å². The van der Waals surface area contributed by atoms with Gasteiger partial charge in [-0.1, -0.05) is 29.8 Å². The molecule has 7 nitrogen and oxygen atoms in total. The van der Waals surface area contributed by atoms with E-state index in [9.17, 15) is 14.6 Å². The maximum absolute atomic E-state index is 13.7. The fourth-order valence-corrected chi connectivity index (χ4v) is 4.85. The number of aromatic nitrogens is 1. The molecular formula is C27H31ClFN3O4. The van der Waals surface area contributed by atoms with Crippen LogP contribution in [0.25, 0.3) is 0 Å². The molecule has 4 rings (SSSR count). The van der Waals surface area contributed by atoms with Gasteiger partial charge in [0, 0.05) is 38.4 Å². The van der Waals surface area contributed by atoms with Crippen LogP contribution in [0.5, 0.6) is 5.75 Å². The van der Waals surface area contributed by atoms with E-state index in [1.54, 1.807) is 43.5 Å². The summed E-state index contributed by atoms with van der Waals surface area (Å²) < 4.78 is 19.2. The third-order valence-electron chi connectivity index (χ3n) is 6.40. The van der Waals surface area contributed by atoms with Crippen LogP contribution in [-0.4, -0.2) is 64.6 Å². The van der Waals surface area contributed by atoms with E-state index in [1.165, 1.54) is 12.1 Å². The average Bonchev–Trinajstić information content (AvgIpc) is 2.88. The number of pyridine rings is 1. The van der Waals surface area contributed by atoms with Crippen LogP contribution >= 0.6 is 11.6 Å². The Hall–Kier alpha value is -2.75. The fourth-order valence-electron chi connectivity index (χ4n) is 4.57. The van der Waals surface area contributed by atoms with Crippen molar-refractivity contribution in [1.29, 1.82) is 0 Å². The van der Waals surface area contributed by atoms with E-state index in [4.69, 9.17) is 21.4 Å². The second-order valence-corrected chi connectivity index (χ2v) is 9.57. The summed E-state index contributed by atoms with van der Waals surface area (Å²) in [5, 5.41) is 30.0. The first-order valence-electron chi connectivity index (χ1n) is 11.9. The van der Waals surface area contributed by atoms with Crippen LogP contribution in [0.3, 0.4) is 0 Å². The number of rotatable bonds is 9. The lowest BCUT2D eigenvalue weighted by Crippen LogP contribution is -2.52. The Labute approximate surface area is 215 Å². The van der Waals surface area contributed by atoms with Crippen LogP contribution in [0.4, 0.5) is 10.1 Å². The maximum atomic E-state index is 13.7. The van der Waals surface area contributed by atoms with Crippen molar-refractivity contribution in [2.45, 2.75) is 25.2 Å². The zero-order chi connectivity index (χ0) is 25.7. The number of halogens is 2. The smallest absolute Gasteiger partial charge is 0.123 e. The first-order valence-corrected chi connectivity index (χ1v) is 12.2. The molecule has 2 heterocycles. The predicted octanol–water partition coefficient (Wildman–Crippen LogP) is 3.51. The molecule has 1 aliphatic heterocycles. The zero-order valence-corrected chi connectivity index (χ0v) is 20.9. The van der Waals surface area contributed by atoms with Crippen LogP contribution in [0.15, 0.2) is 60.8 Å². The number of β-amino-alcohol motifs (C(OH)–C–C–N with tert-alkyl or cyclic N) is 1. The molecule has 3 aromatic rings. The zero-order valence-electron chi connectivity index (χ0n) is 20.1. The second kappa shape index (κ2) is 11.5. The summed E-state index contributed by atoms with van der Waals surface area (Å²) in [6, 6.07) is 15.2. The lowest BCUT2D eigenvalue weighted by atomic mass is 9.97. The number of nitrogens with zero attached hydrogens (tertiary/aromatic N) is 3. The Bertz CT molecular complexity index is 1140. The molecule has 2 aromatic carbocycles. The number of benzene rings is 2. The first kappa shape index (κ1) is 26.3. The van der Waals surface area contributed by atoms with Crippen LogP contribution in [0.1, 0.15) is 29.8 Å². The highest BCUT2D eigenvalue weighted by Crippen LogP contribution is 2.37. The number of anilines is 1. The SMILES string of the molecule is C[C@@](O)(CN1CCN(c2ccc(OCCO)cc2Cl)[C@H](c2ccc(F)cc2)C1)c1ccc(CO)cn1. The standard InChI is InChI=1S/C27H31ClFN3O4/c1-27(35,26-9-2-19(17-34)15-30-26)18-31-10-11-32(25(16-31)20-3-5-21(29)6-4-20)24-8-7-22(14-23(24)28)36-13-12-33/h2-9,14-15,25,33-35H,10-13,16-18H2,1H3/t25-,27+/m0/s1. The molecule has 9 heteroatoms. The third kappa shape index (κ3) is 6.14. The van der Waals surface area contributed by atoms with Gasteiger partial charge < -0.3 is 25.0 Å². The van der Waals surface area contributed by atoms with E-state index in [2.05, 4.69) is 14.8 Å². The molecule has 0 amide bonds. The molecule has 1 aliphatic rings. The molecule has 0 saturated carbocycles. The lowest BCUT2D eigenvalue weighted by Gasteiger charge is -2.45. The van der Waals surface area contributed by atoms with Crippen LogP contribution in [0, 0.1) is 5.82 Å². The first-order chi connectivity index (χ1) is 17.3. The van der Waals surface area contributed by atoms with Gasteiger partial charge >= 0.3 is 0 Å². The molecule has 0 spiro atoms. The number of piperazine rings is 1. The molecule has 3 N–H and O–H groups in total. The van der Waals surface area contributed by atoms with Crippen molar-refractivity contribution in [3.8, 4) is 5.75 Å². The molecule has 2 atom stereocenters. The molecule has 1 saturated heterocycles. The van der Waals surface area contributed by atoms with Gasteiger partial charge in [-0.05, 0) is 48.4 Å². The van der Waals surface area contributed by atoms with Gasteiger partial charge in [0.05, 0.1) is 35.7 Å². The molecule has 1 fully saturated rings. The van der Waals surface area contributed by atoms with Gasteiger partial charge in [-0.15, -0.1) is 0 Å². The minimum Gasteiger partial charge on any atom is -0.491 e. The Balaban J connectivity index is 1.57. The van der Waals surface area contributed by atoms with Gasteiger partial charge in [-0.25, -0.2) is 4.39 Å². The van der Waals surface area contributed by atoms with Crippen molar-refractivity contribution in [2.75, 3.05) is 44.3 Å². The van der Waals surface area contributed by atoms with Crippen molar-refractivity contribution >= 4 is 17.3 Å². The molecule has 0 bridgehead atoms. The van der Waals surface area contributed by atoms with Crippen LogP contribution in [0.2, 0.25) is 5.02 Å². The maximum Gasteiger partial charge on any atom is 0.123 e. The summed E-state index contributed by atoms with van der Waals surface area (Å²) in [7, 11) is 0. The number of hydrogen-bond acceptors (Lipinski definition) is 7. The van der Waals surface area contributed by atoms with Crippen LogP contribution in [-0.2, 0) is 12.2 Å². The van der Waals surface area contributed by atoms with Crippen molar-refractivity contribution < 1.29 is 24.4 Å². The molecule has 0 radical (unpaired) electrons. The molecule has 0 unspecified atom stereocenters. The number of ether oxygens (including phenoxy) is 1. The highest BCUT2D eigenvalue weighted by atomic mass is 35.5. The summed E-state index contributed by atoms with van der Waals surface area (Å²) >= 11 is 6.64. The van der Waals surface area contributed by atoms with E-state index in [-0.39, 0.29) is 31.7 Å². The number of aliphatic hydroxyl groups is 3. The van der Waals surface area contributed by atoms with Gasteiger partial charge in [0.15, 0.2) is 0 Å². The summed E-state index contributed by atoms with van der Waals surface area (Å²) in [4.78, 5) is 8.69. The second-order valence-electron chi connectivity index (χ2n) is 9.16. The van der Waals surface area contributed by atoms with Gasteiger partial charge in [-0.2, -0.15) is 0 Å². The highest BCUT2D eigenvalue weighted by Gasteiger charge is 2.34. The molecular weight excluding hydrogens is 485 g/mol. The van der Waals surface area contributed by atoms with Gasteiger partial charge in [0.2, 0.25) is 0 Å². The third-order valence-corrected chi connectivity index (χ3v) is 6.70. The molecule has 36 heavy (non-hydrogen) atoms. The van der Waals surface area contributed by atoms with Crippen molar-refractivity contribution in [1.82, 2.24) is 9.88 Å². The highest BCUT2D eigenvalue weighted by molar-refractivity contribution is 6.33. The lowest BCUT2D eigenvalue weighted by molar-refractivity contribution is 0.00672. The molecule has 1 aromatic heterocycles. The fraction of sp³-hybridized carbons (Fsp3) is 0.370. The summed E-state index contributed by atoms with van der Waals surface area (Å²) in [5.74, 6) is 0.271. The Morgan fingerprint density at radius 1 is 1.11 bits per heavy atom. The van der Waals surface area contributed by atoms with E-state index in [1.807, 2.05) is 12.1 Å². The summed E-state index contributed by atoms with van der Waals surface area (Å²) in [5.41, 5.74) is 1.77.